The van der Waals surface area contributed by atoms with E-state index in [1.807, 2.05) is 0 Å². The minimum atomic E-state index is 1.00. The summed E-state index contributed by atoms with van der Waals surface area (Å²) < 4.78 is 0. The lowest BCUT2D eigenvalue weighted by Crippen LogP contribution is -2.15. The molecule has 0 N–H and O–H groups in total. The van der Waals surface area contributed by atoms with Crippen LogP contribution in [0.15, 0.2) is 65.7 Å². The van der Waals surface area contributed by atoms with Gasteiger partial charge in [-0.15, -0.1) is 0 Å². The van der Waals surface area contributed by atoms with Crippen molar-refractivity contribution in [2.75, 3.05) is 0 Å². The van der Waals surface area contributed by atoms with Crippen LogP contribution in [0.25, 0.3) is 0 Å². The monoisotopic (exact) mass is 210 g/mol. The second kappa shape index (κ2) is 6.89. The van der Waals surface area contributed by atoms with Gasteiger partial charge in [0.25, 0.3) is 0 Å². The van der Waals surface area contributed by atoms with E-state index in [9.17, 15) is 0 Å². The summed E-state index contributed by atoms with van der Waals surface area (Å²) in [6.45, 7) is 6.28. The smallest absolute Gasteiger partial charge is 0.0882 e. The highest BCUT2D eigenvalue weighted by Gasteiger charge is 2.01. The third kappa shape index (κ3) is 3.94. The number of allylic oxidation sites excluding steroid dienone is 6. The van der Waals surface area contributed by atoms with Crippen molar-refractivity contribution in [3.05, 3.63) is 65.7 Å². The fraction of sp³-hybridized carbons (Fsp3) is 0.200. The second-order valence-electron chi connectivity index (χ2n) is 3.87. The van der Waals surface area contributed by atoms with Gasteiger partial charge in [0.15, 0.2) is 7.28 Å². The van der Waals surface area contributed by atoms with Crippen LogP contribution in [0.5, 0.6) is 0 Å². The zero-order chi connectivity index (χ0) is 11.8. The van der Waals surface area contributed by atoms with Crippen LogP contribution in [-0.2, 0) is 0 Å². The molecule has 82 valence electrons. The first-order valence-electron chi connectivity index (χ1n) is 5.77. The molecule has 0 fully saturated rings. The van der Waals surface area contributed by atoms with E-state index in [1.165, 1.54) is 16.5 Å². The predicted molar refractivity (Wildman–Crippen MR) is 75.6 cm³/mol. The molecule has 0 spiro atoms. The number of benzene rings is 1. The first-order chi connectivity index (χ1) is 7.77. The normalized spacial score (nSPS) is 13.2. The Morgan fingerprint density at radius 1 is 1.00 bits per heavy atom. The van der Waals surface area contributed by atoms with Gasteiger partial charge in [0.1, 0.15) is 0 Å². The largest absolute Gasteiger partial charge is 0.192 e. The lowest BCUT2D eigenvalue weighted by atomic mass is 9.61. The maximum absolute atomic E-state index is 2.20. The Bertz CT molecular complexity index is 397. The van der Waals surface area contributed by atoms with Gasteiger partial charge in [0, 0.05) is 0 Å². The maximum Gasteiger partial charge on any atom is 0.192 e. The van der Waals surface area contributed by atoms with Crippen molar-refractivity contribution >= 4 is 12.7 Å². The van der Waals surface area contributed by atoms with Gasteiger partial charge in [-0.3, -0.25) is 0 Å². The quantitative estimate of drug-likeness (QED) is 0.528. The molecule has 0 saturated heterocycles. The SMILES string of the molecule is C\C=C/C(C)=C(Bc1ccccc1)\C=C/C. The van der Waals surface area contributed by atoms with Gasteiger partial charge >= 0.3 is 0 Å². The number of rotatable bonds is 4. The molecule has 0 heterocycles. The van der Waals surface area contributed by atoms with E-state index in [-0.39, 0.29) is 0 Å². The Morgan fingerprint density at radius 3 is 2.19 bits per heavy atom. The van der Waals surface area contributed by atoms with Gasteiger partial charge in [-0.1, -0.05) is 71.1 Å². The van der Waals surface area contributed by atoms with Crippen molar-refractivity contribution in [3.8, 4) is 0 Å². The zero-order valence-electron chi connectivity index (χ0n) is 10.4. The van der Waals surface area contributed by atoms with Crippen LogP contribution in [0, 0.1) is 0 Å². The molecule has 0 atom stereocenters. The Hall–Kier alpha value is -1.50. The molecule has 0 bridgehead atoms. The summed E-state index contributed by atoms with van der Waals surface area (Å²) in [6.07, 6.45) is 8.55. The Labute approximate surface area is 99.6 Å². The van der Waals surface area contributed by atoms with Gasteiger partial charge < -0.3 is 0 Å². The lowest BCUT2D eigenvalue weighted by Gasteiger charge is -2.04. The van der Waals surface area contributed by atoms with E-state index in [1.54, 1.807) is 0 Å². The van der Waals surface area contributed by atoms with E-state index < -0.39 is 0 Å². The van der Waals surface area contributed by atoms with Crippen LogP contribution in [0.1, 0.15) is 20.8 Å². The van der Waals surface area contributed by atoms with E-state index >= 15 is 0 Å². The number of hydrogen-bond acceptors (Lipinski definition) is 0. The standard InChI is InChI=1S/C15H19B/c1-4-9-13(3)15(10-5-2)16-14-11-7-6-8-12-14/h4-12,16H,1-3H3/b9-4-,10-5-,15-13+. The first-order valence-corrected chi connectivity index (χ1v) is 5.77. The third-order valence-corrected chi connectivity index (χ3v) is 2.53. The minimum Gasteiger partial charge on any atom is -0.0882 e. The van der Waals surface area contributed by atoms with Gasteiger partial charge in [-0.25, -0.2) is 0 Å². The third-order valence-electron chi connectivity index (χ3n) is 2.53. The summed E-state index contributed by atoms with van der Waals surface area (Å²) in [7, 11) is 1.00. The Kier molecular flexibility index (Phi) is 5.42. The van der Waals surface area contributed by atoms with Crippen molar-refractivity contribution < 1.29 is 0 Å². The average Bonchev–Trinajstić information content (AvgIpc) is 2.30. The van der Waals surface area contributed by atoms with Gasteiger partial charge in [-0.2, -0.15) is 0 Å². The molecule has 0 unspecified atom stereocenters. The molecule has 1 rings (SSSR count). The van der Waals surface area contributed by atoms with Crippen LogP contribution < -0.4 is 5.46 Å². The van der Waals surface area contributed by atoms with Crippen molar-refractivity contribution in [2.24, 2.45) is 0 Å². The van der Waals surface area contributed by atoms with Crippen LogP contribution in [-0.4, -0.2) is 7.28 Å². The van der Waals surface area contributed by atoms with E-state index in [4.69, 9.17) is 0 Å². The van der Waals surface area contributed by atoms with Crippen molar-refractivity contribution in [1.29, 1.82) is 0 Å². The molecule has 1 aromatic rings. The highest BCUT2D eigenvalue weighted by molar-refractivity contribution is 6.62. The average molecular weight is 210 g/mol. The topological polar surface area (TPSA) is 0 Å². The molecule has 16 heavy (non-hydrogen) atoms. The van der Waals surface area contributed by atoms with Crippen molar-refractivity contribution in [1.82, 2.24) is 0 Å². The first kappa shape index (κ1) is 12.6. The second-order valence-corrected chi connectivity index (χ2v) is 3.87. The van der Waals surface area contributed by atoms with E-state index in [2.05, 4.69) is 75.4 Å². The molecule has 0 amide bonds. The van der Waals surface area contributed by atoms with Crippen molar-refractivity contribution in [2.45, 2.75) is 20.8 Å². The molecule has 0 radical (unpaired) electrons. The summed E-state index contributed by atoms with van der Waals surface area (Å²) in [5, 5.41) is 0. The molecule has 0 aliphatic carbocycles. The Balaban J connectivity index is 2.93. The minimum absolute atomic E-state index is 1.00. The molecule has 0 aromatic heterocycles. The molecule has 0 aliphatic heterocycles. The number of hydrogen-bond donors (Lipinski definition) is 0. The van der Waals surface area contributed by atoms with Crippen molar-refractivity contribution in [3.63, 3.8) is 0 Å². The van der Waals surface area contributed by atoms with E-state index in [0.29, 0.717) is 0 Å². The molecule has 1 heteroatoms. The zero-order valence-corrected chi connectivity index (χ0v) is 10.4. The molecule has 0 nitrogen and oxygen atoms in total. The molecule has 0 aliphatic rings. The van der Waals surface area contributed by atoms with Crippen LogP contribution in [0.3, 0.4) is 0 Å². The van der Waals surface area contributed by atoms with Crippen LogP contribution in [0.4, 0.5) is 0 Å². The van der Waals surface area contributed by atoms with Crippen LogP contribution >= 0.6 is 0 Å². The van der Waals surface area contributed by atoms with Gasteiger partial charge in [0.2, 0.25) is 0 Å². The summed E-state index contributed by atoms with van der Waals surface area (Å²) in [4.78, 5) is 0. The molecule has 0 saturated carbocycles. The fourth-order valence-corrected chi connectivity index (χ4v) is 1.70. The summed E-state index contributed by atoms with van der Waals surface area (Å²) in [5.41, 5.74) is 4.08. The predicted octanol–water partition coefficient (Wildman–Crippen LogP) is 3.17. The maximum atomic E-state index is 2.20. The van der Waals surface area contributed by atoms with E-state index in [0.717, 1.165) is 7.28 Å². The molecule has 1 aromatic carbocycles. The Morgan fingerprint density at radius 2 is 1.62 bits per heavy atom. The lowest BCUT2D eigenvalue weighted by molar-refractivity contribution is 1.47. The molecular weight excluding hydrogens is 191 g/mol. The summed E-state index contributed by atoms with van der Waals surface area (Å²) >= 11 is 0. The van der Waals surface area contributed by atoms with Gasteiger partial charge in [-0.05, 0) is 20.8 Å². The van der Waals surface area contributed by atoms with Crippen LogP contribution in [0.2, 0.25) is 0 Å². The fourth-order valence-electron chi connectivity index (χ4n) is 1.70. The van der Waals surface area contributed by atoms with Gasteiger partial charge in [0.05, 0.1) is 0 Å². The highest BCUT2D eigenvalue weighted by atomic mass is 13.9. The molecular formula is C15H19B. The summed E-state index contributed by atoms with van der Waals surface area (Å²) in [6, 6.07) is 10.6. The highest BCUT2D eigenvalue weighted by Crippen LogP contribution is 2.06. The summed E-state index contributed by atoms with van der Waals surface area (Å²) in [5.74, 6) is 0.